The normalized spacial score (nSPS) is 12.2. The quantitative estimate of drug-likeness (QED) is 0.791. The molecule has 1 N–H and O–H groups in total. The highest BCUT2D eigenvalue weighted by Gasteiger charge is 2.04. The third kappa shape index (κ3) is 4.02. The van der Waals surface area contributed by atoms with Gasteiger partial charge in [-0.25, -0.2) is 4.98 Å². The van der Waals surface area contributed by atoms with Crippen molar-refractivity contribution in [2.24, 2.45) is 0 Å². The van der Waals surface area contributed by atoms with Gasteiger partial charge in [0.2, 0.25) is 5.95 Å². The number of nitrogens with zero attached hydrogens (tertiary/aromatic N) is 3. The molecule has 0 aliphatic carbocycles. The summed E-state index contributed by atoms with van der Waals surface area (Å²) in [5.74, 6) is 1.56. The van der Waals surface area contributed by atoms with Crippen LogP contribution in [0.15, 0.2) is 12.3 Å². The molecule has 90 valence electrons. The van der Waals surface area contributed by atoms with E-state index in [4.69, 9.17) is 4.74 Å². The van der Waals surface area contributed by atoms with Crippen molar-refractivity contribution in [1.29, 1.82) is 0 Å². The SMILES string of the molecule is COCCC(C)Nc1ccnc(N(C)C)n1. The van der Waals surface area contributed by atoms with Gasteiger partial charge in [-0.2, -0.15) is 4.98 Å². The maximum atomic E-state index is 5.03. The average molecular weight is 224 g/mol. The lowest BCUT2D eigenvalue weighted by Crippen LogP contribution is -2.19. The van der Waals surface area contributed by atoms with Gasteiger partial charge in [-0.05, 0) is 19.4 Å². The predicted molar refractivity (Wildman–Crippen MR) is 65.9 cm³/mol. The lowest BCUT2D eigenvalue weighted by molar-refractivity contribution is 0.191. The molecule has 0 fully saturated rings. The van der Waals surface area contributed by atoms with Crippen LogP contribution in [0.25, 0.3) is 0 Å². The van der Waals surface area contributed by atoms with Gasteiger partial charge in [-0.1, -0.05) is 0 Å². The van der Waals surface area contributed by atoms with Crippen molar-refractivity contribution >= 4 is 11.8 Å². The second-order valence-corrected chi connectivity index (χ2v) is 3.96. The second-order valence-electron chi connectivity index (χ2n) is 3.96. The zero-order valence-electron chi connectivity index (χ0n) is 10.4. The highest BCUT2D eigenvalue weighted by molar-refractivity contribution is 5.40. The number of nitrogens with one attached hydrogen (secondary N) is 1. The van der Waals surface area contributed by atoms with E-state index in [1.54, 1.807) is 13.3 Å². The summed E-state index contributed by atoms with van der Waals surface area (Å²) in [6.07, 6.45) is 2.71. The van der Waals surface area contributed by atoms with Crippen LogP contribution < -0.4 is 10.2 Å². The Bertz CT molecular complexity index is 317. The standard InChI is InChI=1S/C11H20N4O/c1-9(6-8-16-4)13-10-5-7-12-11(14-10)15(2)3/h5,7,9H,6,8H2,1-4H3,(H,12,13,14). The first-order valence-corrected chi connectivity index (χ1v) is 5.39. The molecule has 5 heteroatoms. The first kappa shape index (κ1) is 12.7. The van der Waals surface area contributed by atoms with Crippen molar-refractivity contribution in [3.8, 4) is 0 Å². The van der Waals surface area contributed by atoms with Crippen LogP contribution >= 0.6 is 0 Å². The molecule has 1 rings (SSSR count). The Morgan fingerprint density at radius 3 is 2.88 bits per heavy atom. The minimum absolute atomic E-state index is 0.338. The fourth-order valence-corrected chi connectivity index (χ4v) is 1.26. The van der Waals surface area contributed by atoms with Crippen LogP contribution in [0.4, 0.5) is 11.8 Å². The number of hydrogen-bond acceptors (Lipinski definition) is 5. The molecule has 0 spiro atoms. The number of rotatable bonds is 6. The molecule has 0 saturated carbocycles. The largest absolute Gasteiger partial charge is 0.385 e. The van der Waals surface area contributed by atoms with Gasteiger partial charge in [-0.3, -0.25) is 0 Å². The lowest BCUT2D eigenvalue weighted by Gasteiger charge is -2.15. The van der Waals surface area contributed by atoms with Gasteiger partial charge in [0.05, 0.1) is 0 Å². The average Bonchev–Trinajstić information content (AvgIpc) is 2.26. The molecule has 5 nitrogen and oxygen atoms in total. The molecule has 0 aliphatic rings. The molecule has 1 aromatic heterocycles. The van der Waals surface area contributed by atoms with Crippen molar-refractivity contribution in [3.05, 3.63) is 12.3 Å². The number of aromatic nitrogens is 2. The Labute approximate surface area is 96.8 Å². The van der Waals surface area contributed by atoms with Gasteiger partial charge in [0, 0.05) is 40.1 Å². The smallest absolute Gasteiger partial charge is 0.226 e. The molecule has 1 heterocycles. The predicted octanol–water partition coefficient (Wildman–Crippen LogP) is 1.38. The fourth-order valence-electron chi connectivity index (χ4n) is 1.26. The van der Waals surface area contributed by atoms with Gasteiger partial charge in [-0.15, -0.1) is 0 Å². The Morgan fingerprint density at radius 2 is 2.25 bits per heavy atom. The van der Waals surface area contributed by atoms with Crippen LogP contribution in [-0.4, -0.2) is 43.8 Å². The third-order valence-corrected chi connectivity index (χ3v) is 2.19. The minimum Gasteiger partial charge on any atom is -0.385 e. The number of hydrogen-bond donors (Lipinski definition) is 1. The van der Waals surface area contributed by atoms with E-state index in [-0.39, 0.29) is 0 Å². The van der Waals surface area contributed by atoms with Gasteiger partial charge in [0.15, 0.2) is 0 Å². The zero-order chi connectivity index (χ0) is 12.0. The Morgan fingerprint density at radius 1 is 1.50 bits per heavy atom. The zero-order valence-corrected chi connectivity index (χ0v) is 10.4. The van der Waals surface area contributed by atoms with Crippen LogP contribution in [-0.2, 0) is 4.74 Å². The van der Waals surface area contributed by atoms with E-state index in [2.05, 4.69) is 22.2 Å². The van der Waals surface area contributed by atoms with Crippen LogP contribution in [0.2, 0.25) is 0 Å². The monoisotopic (exact) mass is 224 g/mol. The first-order valence-electron chi connectivity index (χ1n) is 5.39. The van der Waals surface area contributed by atoms with E-state index in [0.29, 0.717) is 12.0 Å². The fraction of sp³-hybridized carbons (Fsp3) is 0.636. The molecule has 1 unspecified atom stereocenters. The number of methoxy groups -OCH3 is 1. The van der Waals surface area contributed by atoms with Crippen molar-refractivity contribution in [2.75, 3.05) is 38.0 Å². The summed E-state index contributed by atoms with van der Waals surface area (Å²) in [6.45, 7) is 2.86. The highest BCUT2D eigenvalue weighted by atomic mass is 16.5. The van der Waals surface area contributed by atoms with E-state index in [1.165, 1.54) is 0 Å². The van der Waals surface area contributed by atoms with Gasteiger partial charge < -0.3 is 15.0 Å². The Kier molecular flexibility index (Phi) is 4.98. The van der Waals surface area contributed by atoms with Gasteiger partial charge in [0.25, 0.3) is 0 Å². The second kappa shape index (κ2) is 6.27. The van der Waals surface area contributed by atoms with Crippen LogP contribution in [0.5, 0.6) is 0 Å². The third-order valence-electron chi connectivity index (χ3n) is 2.19. The van der Waals surface area contributed by atoms with Crippen molar-refractivity contribution in [3.63, 3.8) is 0 Å². The summed E-state index contributed by atoms with van der Waals surface area (Å²) in [5, 5.41) is 3.31. The molecule has 16 heavy (non-hydrogen) atoms. The summed E-state index contributed by atoms with van der Waals surface area (Å²) in [4.78, 5) is 10.4. The molecule has 0 aliphatic heterocycles. The maximum Gasteiger partial charge on any atom is 0.226 e. The van der Waals surface area contributed by atoms with E-state index < -0.39 is 0 Å². The topological polar surface area (TPSA) is 50.3 Å². The van der Waals surface area contributed by atoms with Crippen LogP contribution in [0.1, 0.15) is 13.3 Å². The highest BCUT2D eigenvalue weighted by Crippen LogP contribution is 2.09. The summed E-state index contributed by atoms with van der Waals surface area (Å²) < 4.78 is 5.03. The molecular formula is C11H20N4O. The molecule has 0 saturated heterocycles. The molecule has 0 aromatic carbocycles. The summed E-state index contributed by atoms with van der Waals surface area (Å²) in [5.41, 5.74) is 0. The molecule has 0 amide bonds. The molecule has 1 aromatic rings. The minimum atomic E-state index is 0.338. The summed E-state index contributed by atoms with van der Waals surface area (Å²) >= 11 is 0. The van der Waals surface area contributed by atoms with Crippen molar-refractivity contribution in [1.82, 2.24) is 9.97 Å². The Balaban J connectivity index is 2.56. The van der Waals surface area contributed by atoms with E-state index in [0.717, 1.165) is 18.8 Å². The van der Waals surface area contributed by atoms with E-state index in [9.17, 15) is 0 Å². The summed E-state index contributed by atoms with van der Waals surface area (Å²) in [7, 11) is 5.56. The van der Waals surface area contributed by atoms with Crippen LogP contribution in [0.3, 0.4) is 0 Å². The summed E-state index contributed by atoms with van der Waals surface area (Å²) in [6, 6.07) is 2.21. The van der Waals surface area contributed by atoms with Crippen LogP contribution in [0, 0.1) is 0 Å². The van der Waals surface area contributed by atoms with Crippen molar-refractivity contribution in [2.45, 2.75) is 19.4 Å². The molecular weight excluding hydrogens is 204 g/mol. The number of anilines is 2. The van der Waals surface area contributed by atoms with Gasteiger partial charge in [0.1, 0.15) is 5.82 Å². The van der Waals surface area contributed by atoms with E-state index in [1.807, 2.05) is 25.1 Å². The Hall–Kier alpha value is -1.36. The van der Waals surface area contributed by atoms with E-state index >= 15 is 0 Å². The molecule has 0 bridgehead atoms. The number of ether oxygens (including phenoxy) is 1. The van der Waals surface area contributed by atoms with Gasteiger partial charge >= 0.3 is 0 Å². The molecule has 0 radical (unpaired) electrons. The van der Waals surface area contributed by atoms with Crippen molar-refractivity contribution < 1.29 is 4.74 Å². The maximum absolute atomic E-state index is 5.03. The molecule has 1 atom stereocenters. The first-order chi connectivity index (χ1) is 7.63. The lowest BCUT2D eigenvalue weighted by atomic mass is 10.2.